The summed E-state index contributed by atoms with van der Waals surface area (Å²) in [4.78, 5) is 46.2. The Labute approximate surface area is 255 Å². The molecule has 2 heterocycles. The molecule has 0 radical (unpaired) electrons. The first-order chi connectivity index (χ1) is 19.9. The van der Waals surface area contributed by atoms with Crippen molar-refractivity contribution in [3.63, 3.8) is 0 Å². The van der Waals surface area contributed by atoms with Gasteiger partial charge in [-0.15, -0.1) is 11.3 Å². The van der Waals surface area contributed by atoms with E-state index >= 15 is 0 Å². The lowest BCUT2D eigenvalue weighted by Crippen LogP contribution is -2.58. The van der Waals surface area contributed by atoms with Gasteiger partial charge in [0.2, 0.25) is 17.7 Å². The van der Waals surface area contributed by atoms with Crippen molar-refractivity contribution in [3.05, 3.63) is 41.0 Å². The van der Waals surface area contributed by atoms with Crippen molar-refractivity contribution in [2.45, 2.75) is 106 Å². The van der Waals surface area contributed by atoms with E-state index in [0.717, 1.165) is 16.1 Å². The zero-order valence-corrected chi connectivity index (χ0v) is 27.8. The van der Waals surface area contributed by atoms with E-state index in [2.05, 4.69) is 15.6 Å². The minimum Gasteiger partial charge on any atom is -0.391 e. The predicted octanol–water partition coefficient (Wildman–Crippen LogP) is 5.84. The smallest absolute Gasteiger partial charge is 0.246 e. The Morgan fingerprint density at radius 2 is 1.71 bits per heavy atom. The third-order valence-electron chi connectivity index (χ3n) is 7.12. The van der Waals surface area contributed by atoms with Crippen molar-refractivity contribution in [3.8, 4) is 10.4 Å². The highest BCUT2D eigenvalue weighted by Crippen LogP contribution is 2.30. The van der Waals surface area contributed by atoms with Crippen LogP contribution in [-0.2, 0) is 14.4 Å². The molecule has 3 N–H and O–H groups in total. The Morgan fingerprint density at radius 1 is 1.12 bits per heavy atom. The van der Waals surface area contributed by atoms with Crippen molar-refractivity contribution in [2.75, 3.05) is 13.2 Å². The third kappa shape index (κ3) is 9.59. The summed E-state index contributed by atoms with van der Waals surface area (Å²) in [5, 5.41) is 15.9. The Morgan fingerprint density at radius 3 is 2.19 bits per heavy atom. The molecule has 1 saturated heterocycles. The fourth-order valence-corrected chi connectivity index (χ4v) is 5.33. The molecule has 5 atom stereocenters. The van der Waals surface area contributed by atoms with Gasteiger partial charge in [0.05, 0.1) is 28.2 Å². The molecule has 0 spiro atoms. The summed E-state index contributed by atoms with van der Waals surface area (Å²) in [5.74, 6) is -1.49. The van der Waals surface area contributed by atoms with Crippen LogP contribution in [0.3, 0.4) is 0 Å². The molecule has 42 heavy (non-hydrogen) atoms. The van der Waals surface area contributed by atoms with Gasteiger partial charge in [-0.3, -0.25) is 14.4 Å². The Balaban J connectivity index is 0.00000211. The van der Waals surface area contributed by atoms with Crippen LogP contribution >= 0.6 is 11.3 Å². The molecule has 3 amide bonds. The molecule has 1 fully saturated rings. The number of likely N-dealkylation sites (tertiary alicyclic amines) is 1. The van der Waals surface area contributed by atoms with Crippen molar-refractivity contribution in [1.82, 2.24) is 20.5 Å². The molecule has 8 nitrogen and oxygen atoms in total. The number of nitrogens with one attached hydrogen (secondary N) is 2. The zero-order valence-electron chi connectivity index (χ0n) is 27.0. The maximum Gasteiger partial charge on any atom is 0.246 e. The van der Waals surface area contributed by atoms with Gasteiger partial charge in [0.15, 0.2) is 0 Å². The van der Waals surface area contributed by atoms with Crippen LogP contribution in [0.5, 0.6) is 0 Å². The number of aliphatic hydroxyl groups excluding tert-OH is 1. The lowest BCUT2D eigenvalue weighted by molar-refractivity contribution is -0.144. The van der Waals surface area contributed by atoms with Crippen molar-refractivity contribution in [1.29, 1.82) is 0 Å². The van der Waals surface area contributed by atoms with Gasteiger partial charge >= 0.3 is 0 Å². The van der Waals surface area contributed by atoms with Crippen LogP contribution in [0.2, 0.25) is 0 Å². The number of carbonyl (C=O) groups excluding carboxylic acids is 3. The summed E-state index contributed by atoms with van der Waals surface area (Å²) < 4.78 is 14.1. The van der Waals surface area contributed by atoms with E-state index in [9.17, 15) is 23.9 Å². The first-order valence-corrected chi connectivity index (χ1v) is 15.9. The molecule has 0 saturated carbocycles. The topological polar surface area (TPSA) is 112 Å². The second-order valence-corrected chi connectivity index (χ2v) is 12.0. The van der Waals surface area contributed by atoms with Crippen molar-refractivity contribution >= 4 is 29.1 Å². The molecule has 2 aromatic rings. The summed E-state index contributed by atoms with van der Waals surface area (Å²) >= 11 is 1.52. The van der Waals surface area contributed by atoms with E-state index in [-0.39, 0.29) is 24.8 Å². The number of aryl methyl sites for hydroxylation is 1. The monoisotopic (exact) mass is 606 g/mol. The highest BCUT2D eigenvalue weighted by molar-refractivity contribution is 7.13. The highest BCUT2D eigenvalue weighted by Gasteiger charge is 2.45. The van der Waals surface area contributed by atoms with Crippen LogP contribution in [0.25, 0.3) is 10.4 Å². The number of carbonyl (C=O) groups is 3. The maximum absolute atomic E-state index is 14.1. The first kappa shape index (κ1) is 37.2. The Hall–Kier alpha value is -2.85. The van der Waals surface area contributed by atoms with E-state index in [0.29, 0.717) is 12.0 Å². The van der Waals surface area contributed by atoms with Gasteiger partial charge in [-0.2, -0.15) is 0 Å². The predicted molar refractivity (Wildman–Crippen MR) is 169 cm³/mol. The minimum absolute atomic E-state index is 0.0358. The lowest BCUT2D eigenvalue weighted by atomic mass is 9.85. The largest absolute Gasteiger partial charge is 0.391 e. The molecule has 236 valence electrons. The number of alkyl halides is 1. The Bertz CT molecular complexity index is 1130. The van der Waals surface area contributed by atoms with Crippen molar-refractivity contribution < 1.29 is 23.9 Å². The molecule has 1 aliphatic rings. The maximum atomic E-state index is 14.1. The van der Waals surface area contributed by atoms with Gasteiger partial charge in [-0.25, -0.2) is 9.37 Å². The molecule has 5 unspecified atom stereocenters. The van der Waals surface area contributed by atoms with Crippen LogP contribution in [0.15, 0.2) is 29.8 Å². The number of aliphatic hydroxyl groups is 1. The average Bonchev–Trinajstić information content (AvgIpc) is 3.60. The standard InChI is InChI=1S/C28H39FN4O4S.2C2H6/c1-7-16(2)25(35)32-24(28(4,5)6)27(37)33-14-20(34)12-22(33)26(36)31-21(13-29)18-8-10-19(11-9-18)23-17(3)30-15-38-23;2*1-2/h8-11,15-16,20-22,24,34H,7,12-14H2,1-6H3,(H,31,36)(H,32,35);2*1-2H3. The molecule has 3 rings (SSSR count). The number of halogens is 1. The van der Waals surface area contributed by atoms with Crippen molar-refractivity contribution in [2.24, 2.45) is 11.3 Å². The number of benzene rings is 1. The summed E-state index contributed by atoms with van der Waals surface area (Å²) in [6, 6.07) is 4.51. The number of nitrogens with zero attached hydrogens (tertiary/aromatic N) is 2. The SMILES string of the molecule is CC.CC.CCC(C)C(=O)NC(C(=O)N1CC(O)CC1C(=O)NC(CF)c1ccc(-c2scnc2C)cc1)C(C)(C)C. The van der Waals surface area contributed by atoms with E-state index < -0.39 is 48.1 Å². The molecular formula is C32H51FN4O4S. The Kier molecular flexibility index (Phi) is 15.3. The van der Waals surface area contributed by atoms with Gasteiger partial charge in [0.25, 0.3) is 0 Å². The number of β-amino-alcohol motifs (C(OH)–C–C–N with tert-alkyl or cyclic N) is 1. The number of amides is 3. The average molecular weight is 607 g/mol. The second kappa shape index (κ2) is 17.3. The summed E-state index contributed by atoms with van der Waals surface area (Å²) in [7, 11) is 0. The molecule has 1 aromatic carbocycles. The lowest BCUT2D eigenvalue weighted by Gasteiger charge is -2.36. The van der Waals surface area contributed by atoms with Gasteiger partial charge in [0, 0.05) is 18.9 Å². The second-order valence-electron chi connectivity index (χ2n) is 11.1. The molecule has 0 aliphatic carbocycles. The fraction of sp³-hybridized carbons (Fsp3) is 0.625. The van der Waals surface area contributed by atoms with Gasteiger partial charge < -0.3 is 20.6 Å². The molecule has 1 aliphatic heterocycles. The van der Waals surface area contributed by atoms with Crippen LogP contribution in [0.4, 0.5) is 4.39 Å². The number of hydrogen-bond donors (Lipinski definition) is 3. The quantitative estimate of drug-likeness (QED) is 0.332. The molecule has 1 aromatic heterocycles. The minimum atomic E-state index is -0.976. The van der Waals surface area contributed by atoms with Crippen LogP contribution in [0, 0.1) is 18.3 Å². The number of rotatable bonds is 9. The highest BCUT2D eigenvalue weighted by atomic mass is 32.1. The third-order valence-corrected chi connectivity index (χ3v) is 8.09. The van der Waals surface area contributed by atoms with E-state index in [1.807, 2.05) is 74.4 Å². The fourth-order valence-electron chi connectivity index (χ4n) is 4.51. The van der Waals surface area contributed by atoms with Gasteiger partial charge in [0.1, 0.15) is 18.8 Å². The van der Waals surface area contributed by atoms with Crippen LogP contribution in [0.1, 0.15) is 92.5 Å². The van der Waals surface area contributed by atoms with Crippen LogP contribution < -0.4 is 10.6 Å². The number of hydrogen-bond acceptors (Lipinski definition) is 6. The van der Waals surface area contributed by atoms with Gasteiger partial charge in [-0.05, 0) is 29.9 Å². The molecule has 10 heteroatoms. The summed E-state index contributed by atoms with van der Waals surface area (Å²) in [5.41, 5.74) is 3.61. The van der Waals surface area contributed by atoms with Gasteiger partial charge in [-0.1, -0.05) is 86.6 Å². The number of aromatic nitrogens is 1. The normalized spacial score (nSPS) is 18.4. The van der Waals surface area contributed by atoms with Crippen LogP contribution in [-0.4, -0.2) is 64.1 Å². The van der Waals surface area contributed by atoms with E-state index in [1.54, 1.807) is 24.6 Å². The van der Waals surface area contributed by atoms with E-state index in [1.165, 1.54) is 16.2 Å². The molecule has 0 bridgehead atoms. The summed E-state index contributed by atoms with van der Waals surface area (Å²) in [6.45, 7) is 18.3. The summed E-state index contributed by atoms with van der Waals surface area (Å²) in [6.07, 6.45) is -0.234. The molecular weight excluding hydrogens is 555 g/mol. The number of thiazole rings is 1. The first-order valence-electron chi connectivity index (χ1n) is 15.0. The van der Waals surface area contributed by atoms with E-state index in [4.69, 9.17) is 0 Å². The zero-order chi connectivity index (χ0) is 32.2.